The third kappa shape index (κ3) is 3.98. The average Bonchev–Trinajstić information content (AvgIpc) is 3.53. The Morgan fingerprint density at radius 2 is 1.69 bits per heavy atom. The minimum atomic E-state index is -0.968. The maximum Gasteiger partial charge on any atom is 0.330 e. The SMILES string of the molecule is COC(=O)/C=C/[C@@H]1OC2(CCC3=Cc4c(cnn4-c4ccc(F)cc4)C[C@@]32C)O[C@H]1/C=C/C(=O)OC. The van der Waals surface area contributed by atoms with Gasteiger partial charge in [-0.2, -0.15) is 5.10 Å². The summed E-state index contributed by atoms with van der Waals surface area (Å²) in [7, 11) is 2.60. The maximum absolute atomic E-state index is 13.4. The van der Waals surface area contributed by atoms with E-state index in [-0.39, 0.29) is 5.82 Å². The molecule has 2 aliphatic carbocycles. The van der Waals surface area contributed by atoms with Crippen LogP contribution in [0.5, 0.6) is 0 Å². The van der Waals surface area contributed by atoms with Crippen molar-refractivity contribution >= 4 is 18.0 Å². The van der Waals surface area contributed by atoms with Crippen LogP contribution in [0, 0.1) is 11.2 Å². The fourth-order valence-corrected chi connectivity index (χ4v) is 5.35. The standard InChI is InChI=1S/C27H27FN2O6/c1-26-15-17-16-29-30(20-6-4-19(28)5-7-20)21(17)14-18(26)12-13-27(26)35-22(8-10-24(31)33-2)23(36-27)9-11-25(32)34-3/h4-11,14,16,22-23H,12-13,15H2,1-3H3/b10-8+,11-9+/t22-,23-,26-/m0/s1. The molecule has 0 amide bonds. The highest BCUT2D eigenvalue weighted by Crippen LogP contribution is 2.60. The van der Waals surface area contributed by atoms with E-state index in [1.807, 2.05) is 10.9 Å². The first-order valence-electron chi connectivity index (χ1n) is 11.7. The Bertz CT molecular complexity index is 1240. The van der Waals surface area contributed by atoms with E-state index >= 15 is 0 Å². The Hall–Kier alpha value is -3.56. The van der Waals surface area contributed by atoms with Gasteiger partial charge < -0.3 is 18.9 Å². The van der Waals surface area contributed by atoms with Crippen LogP contribution in [0.15, 0.2) is 60.3 Å². The predicted octanol–water partition coefficient (Wildman–Crippen LogP) is 3.69. The van der Waals surface area contributed by atoms with Gasteiger partial charge in [0.25, 0.3) is 0 Å². The number of halogens is 1. The van der Waals surface area contributed by atoms with Crippen molar-refractivity contribution in [1.82, 2.24) is 9.78 Å². The number of aromatic nitrogens is 2. The van der Waals surface area contributed by atoms with Crippen LogP contribution in [0.2, 0.25) is 0 Å². The van der Waals surface area contributed by atoms with Crippen molar-refractivity contribution in [2.24, 2.45) is 5.41 Å². The molecule has 2 aromatic rings. The zero-order chi connectivity index (χ0) is 25.5. The monoisotopic (exact) mass is 494 g/mol. The van der Waals surface area contributed by atoms with E-state index in [2.05, 4.69) is 18.1 Å². The lowest BCUT2D eigenvalue weighted by atomic mass is 9.72. The second kappa shape index (κ2) is 9.15. The van der Waals surface area contributed by atoms with E-state index in [4.69, 9.17) is 18.9 Å². The summed E-state index contributed by atoms with van der Waals surface area (Å²) in [4.78, 5) is 23.5. The largest absolute Gasteiger partial charge is 0.466 e. The molecule has 0 radical (unpaired) electrons. The molecule has 1 spiro atoms. The second-order valence-corrected chi connectivity index (χ2v) is 9.30. The topological polar surface area (TPSA) is 88.9 Å². The molecule has 1 aromatic carbocycles. The van der Waals surface area contributed by atoms with Gasteiger partial charge in [-0.25, -0.2) is 18.7 Å². The second-order valence-electron chi connectivity index (χ2n) is 9.30. The van der Waals surface area contributed by atoms with Crippen molar-refractivity contribution in [1.29, 1.82) is 0 Å². The molecule has 1 saturated heterocycles. The van der Waals surface area contributed by atoms with Crippen molar-refractivity contribution in [2.45, 2.75) is 44.2 Å². The van der Waals surface area contributed by atoms with Gasteiger partial charge in [0.15, 0.2) is 5.79 Å². The average molecular weight is 495 g/mol. The Kier molecular flexibility index (Phi) is 6.13. The number of nitrogens with zero attached hydrogens (tertiary/aromatic N) is 2. The van der Waals surface area contributed by atoms with Crippen molar-refractivity contribution in [2.75, 3.05) is 14.2 Å². The fourth-order valence-electron chi connectivity index (χ4n) is 5.35. The molecule has 2 heterocycles. The summed E-state index contributed by atoms with van der Waals surface area (Å²) in [5.74, 6) is -2.29. The third-order valence-corrected chi connectivity index (χ3v) is 7.31. The number of carbonyl (C=O) groups excluding carboxylic acids is 2. The van der Waals surface area contributed by atoms with Crippen LogP contribution in [0.25, 0.3) is 11.8 Å². The molecule has 8 nitrogen and oxygen atoms in total. The Labute approximate surface area is 208 Å². The lowest BCUT2D eigenvalue weighted by Gasteiger charge is -2.42. The van der Waals surface area contributed by atoms with Gasteiger partial charge in [0.1, 0.15) is 18.0 Å². The first kappa shape index (κ1) is 24.1. The molecule has 1 saturated carbocycles. The van der Waals surface area contributed by atoms with E-state index in [1.54, 1.807) is 24.3 Å². The molecule has 188 valence electrons. The van der Waals surface area contributed by atoms with Gasteiger partial charge in [0.2, 0.25) is 0 Å². The van der Waals surface area contributed by atoms with E-state index in [9.17, 15) is 14.0 Å². The van der Waals surface area contributed by atoms with Gasteiger partial charge in [-0.3, -0.25) is 0 Å². The van der Waals surface area contributed by atoms with Crippen LogP contribution < -0.4 is 0 Å². The minimum absolute atomic E-state index is 0.300. The van der Waals surface area contributed by atoms with Gasteiger partial charge in [0.05, 0.1) is 31.8 Å². The van der Waals surface area contributed by atoms with Crippen molar-refractivity contribution in [3.63, 3.8) is 0 Å². The molecular formula is C27H27FN2O6. The maximum atomic E-state index is 13.4. The highest BCUT2D eigenvalue weighted by Gasteiger charge is 2.63. The molecule has 9 heteroatoms. The zero-order valence-corrected chi connectivity index (χ0v) is 20.3. The number of rotatable bonds is 5. The molecule has 1 aliphatic heterocycles. The summed E-state index contributed by atoms with van der Waals surface area (Å²) >= 11 is 0. The minimum Gasteiger partial charge on any atom is -0.466 e. The summed E-state index contributed by atoms with van der Waals surface area (Å²) in [6.07, 6.45) is 10.5. The number of hydrogen-bond donors (Lipinski definition) is 0. The Morgan fingerprint density at radius 3 is 2.28 bits per heavy atom. The van der Waals surface area contributed by atoms with E-state index in [1.165, 1.54) is 38.5 Å². The van der Waals surface area contributed by atoms with Crippen molar-refractivity contribution < 1.29 is 32.9 Å². The molecule has 0 N–H and O–H groups in total. The van der Waals surface area contributed by atoms with Gasteiger partial charge >= 0.3 is 11.9 Å². The van der Waals surface area contributed by atoms with Crippen LogP contribution >= 0.6 is 0 Å². The van der Waals surface area contributed by atoms with Crippen molar-refractivity contribution in [3.05, 3.63) is 77.4 Å². The molecule has 2 fully saturated rings. The first-order valence-corrected chi connectivity index (χ1v) is 11.7. The highest BCUT2D eigenvalue weighted by atomic mass is 19.1. The van der Waals surface area contributed by atoms with Crippen LogP contribution in [-0.2, 0) is 35.0 Å². The van der Waals surface area contributed by atoms with E-state index in [0.29, 0.717) is 12.8 Å². The molecule has 5 rings (SSSR count). The lowest BCUT2D eigenvalue weighted by molar-refractivity contribution is -0.219. The molecule has 3 aliphatic rings. The number of ether oxygens (including phenoxy) is 4. The highest BCUT2D eigenvalue weighted by molar-refractivity contribution is 5.82. The smallest absolute Gasteiger partial charge is 0.330 e. The van der Waals surface area contributed by atoms with Crippen LogP contribution in [0.3, 0.4) is 0 Å². The van der Waals surface area contributed by atoms with Gasteiger partial charge in [-0.1, -0.05) is 12.5 Å². The van der Waals surface area contributed by atoms with Crippen LogP contribution in [0.4, 0.5) is 4.39 Å². The third-order valence-electron chi connectivity index (χ3n) is 7.31. The lowest BCUT2D eigenvalue weighted by Crippen LogP contribution is -2.46. The number of fused-ring (bicyclic) bond motifs is 3. The molecular weight excluding hydrogens is 467 g/mol. The van der Waals surface area contributed by atoms with E-state index in [0.717, 1.165) is 28.9 Å². The number of hydrogen-bond acceptors (Lipinski definition) is 7. The predicted molar refractivity (Wildman–Crippen MR) is 127 cm³/mol. The molecule has 0 unspecified atom stereocenters. The van der Waals surface area contributed by atoms with Gasteiger partial charge in [-0.15, -0.1) is 0 Å². The molecule has 0 bridgehead atoms. The number of methoxy groups -OCH3 is 2. The zero-order valence-electron chi connectivity index (χ0n) is 20.3. The van der Waals surface area contributed by atoms with Gasteiger partial charge in [-0.05, 0) is 60.9 Å². The summed E-state index contributed by atoms with van der Waals surface area (Å²) in [6, 6.07) is 6.23. The summed E-state index contributed by atoms with van der Waals surface area (Å²) < 4.78 is 37.8. The number of carbonyl (C=O) groups is 2. The van der Waals surface area contributed by atoms with Gasteiger partial charge in [0, 0.05) is 24.0 Å². The van der Waals surface area contributed by atoms with E-state index < -0.39 is 35.3 Å². The van der Waals surface area contributed by atoms with Crippen LogP contribution in [0.1, 0.15) is 31.0 Å². The fraction of sp³-hybridized carbons (Fsp3) is 0.370. The molecule has 1 aromatic heterocycles. The number of esters is 2. The summed E-state index contributed by atoms with van der Waals surface area (Å²) in [5, 5.41) is 4.56. The Morgan fingerprint density at radius 1 is 1.08 bits per heavy atom. The first-order chi connectivity index (χ1) is 17.3. The molecule has 36 heavy (non-hydrogen) atoms. The Balaban J connectivity index is 1.48. The quantitative estimate of drug-likeness (QED) is 0.463. The molecule has 3 atom stereocenters. The van der Waals surface area contributed by atoms with Crippen LogP contribution in [-0.4, -0.2) is 53.9 Å². The normalized spacial score (nSPS) is 26.3. The summed E-state index contributed by atoms with van der Waals surface area (Å²) in [6.45, 7) is 2.11. The number of benzene rings is 1. The summed E-state index contributed by atoms with van der Waals surface area (Å²) in [5.41, 5.74) is 3.41. The van der Waals surface area contributed by atoms with Crippen molar-refractivity contribution in [3.8, 4) is 5.69 Å².